The third-order valence-corrected chi connectivity index (χ3v) is 4.77. The Hall–Kier alpha value is -2.27. The van der Waals surface area contributed by atoms with Gasteiger partial charge < -0.3 is 14.5 Å². The number of nitrogens with one attached hydrogen (secondary N) is 1. The highest BCUT2D eigenvalue weighted by atomic mass is 16.5. The van der Waals surface area contributed by atoms with Crippen molar-refractivity contribution in [1.82, 2.24) is 10.2 Å². The summed E-state index contributed by atoms with van der Waals surface area (Å²) >= 11 is 0. The van der Waals surface area contributed by atoms with Crippen molar-refractivity contribution in [1.29, 1.82) is 0 Å². The van der Waals surface area contributed by atoms with Gasteiger partial charge in [-0.25, -0.2) is 0 Å². The van der Waals surface area contributed by atoms with E-state index < -0.39 is 0 Å². The minimum absolute atomic E-state index is 0.0818. The van der Waals surface area contributed by atoms with Crippen LogP contribution in [0.25, 0.3) is 0 Å². The van der Waals surface area contributed by atoms with E-state index in [2.05, 4.69) is 17.1 Å². The molecule has 1 amide bonds. The number of nitrogens with zero attached hydrogens (tertiary/aromatic N) is 1. The van der Waals surface area contributed by atoms with Crippen molar-refractivity contribution in [3.05, 3.63) is 54.0 Å². The number of amides is 1. The minimum Gasteiger partial charge on any atom is -0.494 e. The summed E-state index contributed by atoms with van der Waals surface area (Å²) in [6.07, 6.45) is 6.18. The Morgan fingerprint density at radius 1 is 1.27 bits per heavy atom. The highest BCUT2D eigenvalue weighted by Gasteiger charge is 2.26. The Balaban J connectivity index is 1.60. The fourth-order valence-electron chi connectivity index (χ4n) is 3.30. The fourth-order valence-corrected chi connectivity index (χ4v) is 3.30. The van der Waals surface area contributed by atoms with Crippen LogP contribution in [-0.2, 0) is 0 Å². The third kappa shape index (κ3) is 4.88. The Labute approximate surface area is 155 Å². The van der Waals surface area contributed by atoms with Crippen molar-refractivity contribution in [3.8, 4) is 5.75 Å². The number of hydrogen-bond acceptors (Lipinski definition) is 4. The molecule has 1 fully saturated rings. The van der Waals surface area contributed by atoms with Crippen LogP contribution in [-0.4, -0.2) is 37.0 Å². The number of rotatable bonds is 9. The quantitative estimate of drug-likeness (QED) is 0.689. The van der Waals surface area contributed by atoms with E-state index in [1.165, 1.54) is 12.8 Å². The van der Waals surface area contributed by atoms with Crippen LogP contribution in [0.3, 0.4) is 0 Å². The van der Waals surface area contributed by atoms with Crippen molar-refractivity contribution in [2.24, 2.45) is 0 Å². The molecule has 1 atom stereocenters. The van der Waals surface area contributed by atoms with Crippen LogP contribution in [0.4, 0.5) is 0 Å². The zero-order valence-electron chi connectivity index (χ0n) is 15.4. The van der Waals surface area contributed by atoms with Crippen LogP contribution >= 0.6 is 0 Å². The molecule has 140 valence electrons. The molecule has 26 heavy (non-hydrogen) atoms. The maximum Gasteiger partial charge on any atom is 0.251 e. The van der Waals surface area contributed by atoms with E-state index in [0.29, 0.717) is 18.7 Å². The largest absolute Gasteiger partial charge is 0.494 e. The molecular formula is C21H28N2O3. The van der Waals surface area contributed by atoms with E-state index in [0.717, 1.165) is 37.4 Å². The fraction of sp³-hybridized carbons (Fsp3) is 0.476. The second kappa shape index (κ2) is 9.43. The first-order valence-corrected chi connectivity index (χ1v) is 9.56. The second-order valence-corrected chi connectivity index (χ2v) is 6.71. The van der Waals surface area contributed by atoms with Crippen molar-refractivity contribution in [3.63, 3.8) is 0 Å². The molecule has 1 aromatic heterocycles. The molecule has 5 nitrogen and oxygen atoms in total. The van der Waals surface area contributed by atoms with Gasteiger partial charge >= 0.3 is 0 Å². The normalized spacial score (nSPS) is 15.7. The SMILES string of the molecule is CCCCOc1cccc(C(=O)NC[C@@H](c2ccco2)N2CCCC2)c1. The van der Waals surface area contributed by atoms with Crippen molar-refractivity contribution < 1.29 is 13.9 Å². The van der Waals surface area contributed by atoms with Crippen LogP contribution in [0.2, 0.25) is 0 Å². The zero-order valence-corrected chi connectivity index (χ0v) is 15.4. The summed E-state index contributed by atoms with van der Waals surface area (Å²) in [4.78, 5) is 15.0. The molecule has 0 radical (unpaired) electrons. The van der Waals surface area contributed by atoms with Crippen LogP contribution in [0, 0.1) is 0 Å². The summed E-state index contributed by atoms with van der Waals surface area (Å²) in [6.45, 7) is 5.43. The number of hydrogen-bond donors (Lipinski definition) is 1. The summed E-state index contributed by atoms with van der Waals surface area (Å²) < 4.78 is 11.3. The van der Waals surface area contributed by atoms with Crippen molar-refractivity contribution in [2.75, 3.05) is 26.2 Å². The van der Waals surface area contributed by atoms with Crippen molar-refractivity contribution >= 4 is 5.91 Å². The van der Waals surface area contributed by atoms with Gasteiger partial charge in [-0.05, 0) is 62.7 Å². The number of furan rings is 1. The van der Waals surface area contributed by atoms with Gasteiger partial charge in [-0.1, -0.05) is 19.4 Å². The second-order valence-electron chi connectivity index (χ2n) is 6.71. The first kappa shape index (κ1) is 18.5. The lowest BCUT2D eigenvalue weighted by atomic mass is 10.1. The molecule has 0 unspecified atom stereocenters. The van der Waals surface area contributed by atoms with Crippen LogP contribution in [0.1, 0.15) is 54.8 Å². The summed E-state index contributed by atoms with van der Waals surface area (Å²) in [7, 11) is 0. The van der Waals surface area contributed by atoms with Gasteiger partial charge in [-0.2, -0.15) is 0 Å². The highest BCUT2D eigenvalue weighted by Crippen LogP contribution is 2.25. The maximum atomic E-state index is 12.6. The predicted molar refractivity (Wildman–Crippen MR) is 101 cm³/mol. The molecule has 0 aliphatic carbocycles. The smallest absolute Gasteiger partial charge is 0.251 e. The number of carbonyl (C=O) groups is 1. The molecule has 1 aliphatic rings. The van der Waals surface area contributed by atoms with E-state index in [-0.39, 0.29) is 11.9 Å². The molecule has 0 spiro atoms. The Kier molecular flexibility index (Phi) is 6.72. The molecule has 5 heteroatoms. The zero-order chi connectivity index (χ0) is 18.2. The van der Waals surface area contributed by atoms with Gasteiger partial charge in [0, 0.05) is 12.1 Å². The molecule has 1 saturated heterocycles. The third-order valence-electron chi connectivity index (χ3n) is 4.77. The van der Waals surface area contributed by atoms with Gasteiger partial charge in [0.1, 0.15) is 11.5 Å². The lowest BCUT2D eigenvalue weighted by Crippen LogP contribution is -2.36. The number of ether oxygens (including phenoxy) is 1. The monoisotopic (exact) mass is 356 g/mol. The van der Waals surface area contributed by atoms with Gasteiger partial charge in [0.2, 0.25) is 0 Å². The van der Waals surface area contributed by atoms with Gasteiger partial charge in [0.15, 0.2) is 0 Å². The van der Waals surface area contributed by atoms with Gasteiger partial charge in [-0.15, -0.1) is 0 Å². The standard InChI is InChI=1S/C21H28N2O3/c1-2-3-13-25-18-9-6-8-17(15-18)21(24)22-16-19(20-10-7-14-26-20)23-11-4-5-12-23/h6-10,14-15,19H,2-5,11-13,16H2,1H3,(H,22,24)/t19-/m0/s1. The molecule has 1 aliphatic heterocycles. The summed E-state index contributed by atoms with van der Waals surface area (Å²) in [5, 5.41) is 3.06. The van der Waals surface area contributed by atoms with E-state index in [1.54, 1.807) is 6.26 Å². The highest BCUT2D eigenvalue weighted by molar-refractivity contribution is 5.94. The number of likely N-dealkylation sites (tertiary alicyclic amines) is 1. The van der Waals surface area contributed by atoms with E-state index in [4.69, 9.17) is 9.15 Å². The molecule has 2 heterocycles. The van der Waals surface area contributed by atoms with Gasteiger partial charge in [0.25, 0.3) is 5.91 Å². The molecule has 0 bridgehead atoms. The van der Waals surface area contributed by atoms with Gasteiger partial charge in [-0.3, -0.25) is 9.69 Å². The Bertz CT molecular complexity index is 678. The molecular weight excluding hydrogens is 328 g/mol. The van der Waals surface area contributed by atoms with E-state index >= 15 is 0 Å². The molecule has 1 aromatic carbocycles. The maximum absolute atomic E-state index is 12.6. The Morgan fingerprint density at radius 3 is 2.85 bits per heavy atom. The topological polar surface area (TPSA) is 54.7 Å². The van der Waals surface area contributed by atoms with E-state index in [1.807, 2.05) is 36.4 Å². The van der Waals surface area contributed by atoms with Crippen molar-refractivity contribution in [2.45, 2.75) is 38.6 Å². The van der Waals surface area contributed by atoms with Gasteiger partial charge in [0.05, 0.1) is 18.9 Å². The molecule has 0 saturated carbocycles. The van der Waals surface area contributed by atoms with Crippen LogP contribution < -0.4 is 10.1 Å². The van der Waals surface area contributed by atoms with Crippen LogP contribution in [0.5, 0.6) is 5.75 Å². The summed E-state index contributed by atoms with van der Waals surface area (Å²) in [5.41, 5.74) is 0.624. The first-order chi connectivity index (χ1) is 12.8. The average molecular weight is 356 g/mol. The van der Waals surface area contributed by atoms with Crippen LogP contribution in [0.15, 0.2) is 47.1 Å². The lowest BCUT2D eigenvalue weighted by molar-refractivity contribution is 0.0933. The minimum atomic E-state index is -0.0818. The Morgan fingerprint density at radius 2 is 2.12 bits per heavy atom. The number of carbonyl (C=O) groups excluding carboxylic acids is 1. The average Bonchev–Trinajstić information content (AvgIpc) is 3.37. The number of unbranched alkanes of at least 4 members (excludes halogenated alkanes) is 1. The summed E-state index contributed by atoms with van der Waals surface area (Å²) in [6, 6.07) is 11.3. The molecule has 2 aromatic rings. The summed E-state index contributed by atoms with van der Waals surface area (Å²) in [5.74, 6) is 1.57. The predicted octanol–water partition coefficient (Wildman–Crippen LogP) is 4.03. The van der Waals surface area contributed by atoms with E-state index in [9.17, 15) is 4.79 Å². The lowest BCUT2D eigenvalue weighted by Gasteiger charge is -2.26. The first-order valence-electron chi connectivity index (χ1n) is 9.56. The number of benzene rings is 1. The molecule has 1 N–H and O–H groups in total. The molecule has 3 rings (SSSR count).